The van der Waals surface area contributed by atoms with Crippen LogP contribution in [0.1, 0.15) is 27.7 Å². The molecular formula is C21H17N3O3. The number of ether oxygens (including phenoxy) is 1. The minimum Gasteiger partial charge on any atom is -0.452 e. The second-order valence-corrected chi connectivity index (χ2v) is 6.23. The first kappa shape index (κ1) is 16.9. The van der Waals surface area contributed by atoms with Gasteiger partial charge in [-0.1, -0.05) is 48.0 Å². The Kier molecular flexibility index (Phi) is 4.38. The lowest BCUT2D eigenvalue weighted by atomic mass is 10.0. The molecule has 27 heavy (non-hydrogen) atoms. The molecule has 0 amide bonds. The molecule has 0 fully saturated rings. The Balaban J connectivity index is 1.71. The molecule has 0 aliphatic carbocycles. The lowest BCUT2D eigenvalue weighted by Gasteiger charge is -2.09. The summed E-state index contributed by atoms with van der Waals surface area (Å²) in [5.74, 6) is 0.229. The zero-order chi connectivity index (χ0) is 18.8. The molecule has 0 radical (unpaired) electrons. The Hall–Kier alpha value is -3.54. The summed E-state index contributed by atoms with van der Waals surface area (Å²) in [7, 11) is 0. The van der Waals surface area contributed by atoms with E-state index in [0.717, 1.165) is 22.0 Å². The molecule has 6 nitrogen and oxygen atoms in total. The summed E-state index contributed by atoms with van der Waals surface area (Å²) < 4.78 is 10.6. The van der Waals surface area contributed by atoms with Gasteiger partial charge in [0.2, 0.25) is 5.89 Å². The number of nitrogens with zero attached hydrogens (tertiary/aromatic N) is 3. The first-order valence-corrected chi connectivity index (χ1v) is 8.53. The molecule has 0 atom stereocenters. The van der Waals surface area contributed by atoms with Crippen LogP contribution >= 0.6 is 0 Å². The van der Waals surface area contributed by atoms with Crippen molar-refractivity contribution in [3.8, 4) is 11.3 Å². The van der Waals surface area contributed by atoms with E-state index in [9.17, 15) is 4.79 Å². The van der Waals surface area contributed by atoms with Gasteiger partial charge in [-0.3, -0.25) is 0 Å². The van der Waals surface area contributed by atoms with E-state index in [1.807, 2.05) is 55.5 Å². The zero-order valence-corrected chi connectivity index (χ0v) is 15.0. The van der Waals surface area contributed by atoms with Gasteiger partial charge < -0.3 is 9.15 Å². The molecular weight excluding hydrogens is 342 g/mol. The number of esters is 1. The molecule has 0 bridgehead atoms. The van der Waals surface area contributed by atoms with Crippen LogP contribution in [-0.4, -0.2) is 21.2 Å². The van der Waals surface area contributed by atoms with Crippen LogP contribution in [0.15, 0.2) is 59.0 Å². The number of carbonyl (C=O) groups is 1. The van der Waals surface area contributed by atoms with E-state index in [-0.39, 0.29) is 12.5 Å². The van der Waals surface area contributed by atoms with Gasteiger partial charge in [-0.25, -0.2) is 9.78 Å². The number of aryl methyl sites for hydroxylation is 2. The van der Waals surface area contributed by atoms with Crippen molar-refractivity contribution in [3.63, 3.8) is 0 Å². The minimum absolute atomic E-state index is 0.0732. The van der Waals surface area contributed by atoms with E-state index >= 15 is 0 Å². The molecule has 6 heteroatoms. The van der Waals surface area contributed by atoms with Gasteiger partial charge in [0.15, 0.2) is 6.61 Å². The standard InChI is InChI=1S/C21H17N3O3/c1-13-7-9-15(10-8-13)19-11-17(16-5-3-4-6-18(16)22-19)21(25)26-12-20-24-23-14(2)27-20/h3-11H,12H2,1-2H3. The van der Waals surface area contributed by atoms with Gasteiger partial charge in [0.1, 0.15) is 0 Å². The monoisotopic (exact) mass is 359 g/mol. The third-order valence-electron chi connectivity index (χ3n) is 4.18. The fourth-order valence-corrected chi connectivity index (χ4v) is 2.82. The van der Waals surface area contributed by atoms with Crippen molar-refractivity contribution in [1.82, 2.24) is 15.2 Å². The van der Waals surface area contributed by atoms with E-state index in [2.05, 4.69) is 10.2 Å². The molecule has 0 saturated heterocycles. The average Bonchev–Trinajstić information content (AvgIpc) is 3.11. The topological polar surface area (TPSA) is 78.1 Å². The summed E-state index contributed by atoms with van der Waals surface area (Å²) in [6, 6.07) is 17.3. The van der Waals surface area contributed by atoms with Crippen molar-refractivity contribution in [2.24, 2.45) is 0 Å². The van der Waals surface area contributed by atoms with Crippen LogP contribution in [-0.2, 0) is 11.3 Å². The van der Waals surface area contributed by atoms with Crippen molar-refractivity contribution in [2.45, 2.75) is 20.5 Å². The largest absolute Gasteiger partial charge is 0.452 e. The molecule has 0 aliphatic heterocycles. The number of hydrogen-bond donors (Lipinski definition) is 0. The van der Waals surface area contributed by atoms with Crippen molar-refractivity contribution in [3.05, 3.63) is 77.5 Å². The van der Waals surface area contributed by atoms with E-state index in [4.69, 9.17) is 14.1 Å². The average molecular weight is 359 g/mol. The molecule has 4 aromatic rings. The Morgan fingerprint density at radius 2 is 1.81 bits per heavy atom. The molecule has 0 unspecified atom stereocenters. The van der Waals surface area contributed by atoms with Crippen LogP contribution in [0.2, 0.25) is 0 Å². The van der Waals surface area contributed by atoms with Crippen molar-refractivity contribution in [1.29, 1.82) is 0 Å². The number of aromatic nitrogens is 3. The summed E-state index contributed by atoms with van der Waals surface area (Å²) >= 11 is 0. The number of pyridine rings is 1. The van der Waals surface area contributed by atoms with E-state index < -0.39 is 5.97 Å². The lowest BCUT2D eigenvalue weighted by Crippen LogP contribution is -2.07. The molecule has 2 aromatic carbocycles. The highest BCUT2D eigenvalue weighted by molar-refractivity contribution is 6.04. The van der Waals surface area contributed by atoms with Crippen molar-refractivity contribution >= 4 is 16.9 Å². The van der Waals surface area contributed by atoms with Crippen molar-refractivity contribution < 1.29 is 13.9 Å². The normalized spacial score (nSPS) is 10.9. The number of hydrogen-bond acceptors (Lipinski definition) is 6. The summed E-state index contributed by atoms with van der Waals surface area (Å²) in [5.41, 5.74) is 4.00. The molecule has 4 rings (SSSR count). The predicted molar refractivity (Wildman–Crippen MR) is 100 cm³/mol. The highest BCUT2D eigenvalue weighted by Crippen LogP contribution is 2.26. The summed E-state index contributed by atoms with van der Waals surface area (Å²) in [5, 5.41) is 8.31. The summed E-state index contributed by atoms with van der Waals surface area (Å²) in [6.45, 7) is 3.64. The van der Waals surface area contributed by atoms with Gasteiger partial charge in [-0.15, -0.1) is 10.2 Å². The summed E-state index contributed by atoms with van der Waals surface area (Å²) in [4.78, 5) is 17.4. The van der Waals surface area contributed by atoms with Crippen LogP contribution in [0, 0.1) is 13.8 Å². The van der Waals surface area contributed by atoms with E-state index in [1.165, 1.54) is 0 Å². The number of fused-ring (bicyclic) bond motifs is 1. The number of para-hydroxylation sites is 1. The third kappa shape index (κ3) is 3.55. The molecule has 0 N–H and O–H groups in total. The SMILES string of the molecule is Cc1ccc(-c2cc(C(=O)OCc3nnc(C)o3)c3ccccc3n2)cc1. The molecule has 0 saturated carbocycles. The first-order chi connectivity index (χ1) is 13.1. The van der Waals surface area contributed by atoms with Gasteiger partial charge in [0, 0.05) is 17.9 Å². The number of rotatable bonds is 4. The maximum absolute atomic E-state index is 12.7. The highest BCUT2D eigenvalue weighted by atomic mass is 16.5. The van der Waals surface area contributed by atoms with Gasteiger partial charge in [0.25, 0.3) is 5.89 Å². The quantitative estimate of drug-likeness (QED) is 0.507. The second kappa shape index (κ2) is 6.99. The van der Waals surface area contributed by atoms with Crippen LogP contribution in [0.5, 0.6) is 0 Å². The smallest absolute Gasteiger partial charge is 0.339 e. The molecule has 2 aromatic heterocycles. The van der Waals surface area contributed by atoms with Crippen LogP contribution in [0.4, 0.5) is 0 Å². The fourth-order valence-electron chi connectivity index (χ4n) is 2.82. The second-order valence-electron chi connectivity index (χ2n) is 6.23. The Morgan fingerprint density at radius 1 is 1.04 bits per heavy atom. The van der Waals surface area contributed by atoms with Gasteiger partial charge in [0.05, 0.1) is 16.8 Å². The van der Waals surface area contributed by atoms with Crippen LogP contribution in [0.3, 0.4) is 0 Å². The summed E-state index contributed by atoms with van der Waals surface area (Å²) in [6.07, 6.45) is 0. The van der Waals surface area contributed by atoms with Crippen LogP contribution < -0.4 is 0 Å². The maximum Gasteiger partial charge on any atom is 0.339 e. The fraction of sp³-hybridized carbons (Fsp3) is 0.143. The lowest BCUT2D eigenvalue weighted by molar-refractivity contribution is 0.0439. The van der Waals surface area contributed by atoms with Gasteiger partial charge >= 0.3 is 5.97 Å². The number of carbonyl (C=O) groups excluding carboxylic acids is 1. The molecule has 0 aliphatic rings. The highest BCUT2D eigenvalue weighted by Gasteiger charge is 2.16. The zero-order valence-electron chi connectivity index (χ0n) is 15.0. The van der Waals surface area contributed by atoms with E-state index in [1.54, 1.807) is 13.0 Å². The molecule has 2 heterocycles. The Labute approximate surface area is 155 Å². The predicted octanol–water partition coefficient (Wildman–Crippen LogP) is 4.26. The maximum atomic E-state index is 12.7. The molecule has 134 valence electrons. The molecule has 0 spiro atoms. The Morgan fingerprint density at radius 3 is 2.56 bits per heavy atom. The number of benzene rings is 2. The minimum atomic E-state index is -0.460. The van der Waals surface area contributed by atoms with E-state index in [0.29, 0.717) is 17.1 Å². The Bertz CT molecular complexity index is 1120. The van der Waals surface area contributed by atoms with Gasteiger partial charge in [-0.05, 0) is 19.1 Å². The first-order valence-electron chi connectivity index (χ1n) is 8.53. The van der Waals surface area contributed by atoms with Crippen molar-refractivity contribution in [2.75, 3.05) is 0 Å². The van der Waals surface area contributed by atoms with Gasteiger partial charge in [-0.2, -0.15) is 0 Å². The van der Waals surface area contributed by atoms with Crippen LogP contribution in [0.25, 0.3) is 22.2 Å². The third-order valence-corrected chi connectivity index (χ3v) is 4.18.